The quantitative estimate of drug-likeness (QED) is 0.0515. The smallest absolute Gasteiger partial charge is 0.323 e. The molecule has 8 rings (SSSR count). The Morgan fingerprint density at radius 1 is 0.592 bits per heavy atom. The van der Waals surface area contributed by atoms with Gasteiger partial charge in [-0.25, -0.2) is 19.3 Å². The van der Waals surface area contributed by atoms with Gasteiger partial charge in [0.15, 0.2) is 17.9 Å². The Bertz CT molecular complexity index is 3260. The average molecular weight is 1070 g/mol. The lowest BCUT2D eigenvalue weighted by atomic mass is 9.92. The van der Waals surface area contributed by atoms with Crippen molar-refractivity contribution in [3.8, 4) is 45.8 Å². The van der Waals surface area contributed by atoms with Crippen LogP contribution in [0.5, 0.6) is 23.0 Å². The standard InChI is InChI=1S/C58H62Cl2N8O8/c1-37-41(35-75-51-27-49(43(25-47(51)59)31-65(7)57(3,4)55(69)70)73-33-39-17-19-53(61-29-39)67-23-11-21-63-67)13-9-15-45(37)46-16-10-14-42(38(46)2)36-76-52-28-50(44(26-48(52)60)32-66(8)58(5,6)56(71)72)74-34-40-18-20-54(62-30-40)68-24-12-22-64-68/h9-30,55,69-70H,31-36H2,1-8H3,(H,71,72). The molecule has 0 amide bonds. The first-order valence-corrected chi connectivity index (χ1v) is 25.3. The van der Waals surface area contributed by atoms with Crippen molar-refractivity contribution in [3.63, 3.8) is 0 Å². The molecule has 0 bridgehead atoms. The predicted molar refractivity (Wildman–Crippen MR) is 291 cm³/mol. The molecule has 4 aromatic heterocycles. The second-order valence-corrected chi connectivity index (χ2v) is 20.5. The van der Waals surface area contributed by atoms with Gasteiger partial charge >= 0.3 is 5.97 Å². The molecule has 8 aromatic rings. The van der Waals surface area contributed by atoms with Gasteiger partial charge in [0.05, 0.1) is 15.6 Å². The predicted octanol–water partition coefficient (Wildman–Crippen LogP) is 10.6. The minimum Gasteiger partial charge on any atom is -0.488 e. The molecule has 0 atom stereocenters. The van der Waals surface area contributed by atoms with Crippen molar-refractivity contribution in [2.75, 3.05) is 14.1 Å². The number of aliphatic carboxylic acids is 1. The number of carbonyl (C=O) groups is 1. The molecule has 396 valence electrons. The van der Waals surface area contributed by atoms with Crippen LogP contribution in [0.1, 0.15) is 72.2 Å². The van der Waals surface area contributed by atoms with Crippen LogP contribution in [0.3, 0.4) is 0 Å². The maximum absolute atomic E-state index is 12.2. The number of carboxylic acids is 1. The van der Waals surface area contributed by atoms with Crippen LogP contribution in [0, 0.1) is 13.8 Å². The lowest BCUT2D eigenvalue weighted by Crippen LogP contribution is -2.50. The zero-order valence-electron chi connectivity index (χ0n) is 43.7. The fourth-order valence-electron chi connectivity index (χ4n) is 8.14. The minimum atomic E-state index is -1.59. The number of benzene rings is 4. The lowest BCUT2D eigenvalue weighted by molar-refractivity contribution is -0.148. The maximum atomic E-state index is 12.2. The van der Waals surface area contributed by atoms with Crippen molar-refractivity contribution in [3.05, 3.63) is 189 Å². The Hall–Kier alpha value is -7.31. The van der Waals surface area contributed by atoms with E-state index in [0.29, 0.717) is 56.8 Å². The number of aliphatic hydroxyl groups is 2. The molecule has 4 heterocycles. The van der Waals surface area contributed by atoms with Crippen LogP contribution in [-0.4, -0.2) is 92.1 Å². The fraction of sp³-hybridized carbons (Fsp3) is 0.293. The Kier molecular flexibility index (Phi) is 17.1. The highest BCUT2D eigenvalue weighted by Crippen LogP contribution is 2.39. The molecule has 3 N–H and O–H groups in total. The summed E-state index contributed by atoms with van der Waals surface area (Å²) < 4.78 is 29.2. The molecule has 0 fully saturated rings. The van der Waals surface area contributed by atoms with Crippen LogP contribution in [0.4, 0.5) is 0 Å². The molecule has 76 heavy (non-hydrogen) atoms. The van der Waals surface area contributed by atoms with Crippen molar-refractivity contribution in [2.45, 2.75) is 98.4 Å². The van der Waals surface area contributed by atoms with Gasteiger partial charge < -0.3 is 34.3 Å². The van der Waals surface area contributed by atoms with Gasteiger partial charge in [0.1, 0.15) is 55.0 Å². The van der Waals surface area contributed by atoms with Gasteiger partial charge in [0.2, 0.25) is 0 Å². The highest BCUT2D eigenvalue weighted by molar-refractivity contribution is 6.32. The normalized spacial score (nSPS) is 11.9. The third kappa shape index (κ3) is 12.7. The van der Waals surface area contributed by atoms with E-state index in [9.17, 15) is 20.1 Å². The van der Waals surface area contributed by atoms with E-state index < -0.39 is 23.3 Å². The van der Waals surface area contributed by atoms with Gasteiger partial charge in [0, 0.05) is 84.7 Å². The van der Waals surface area contributed by atoms with Crippen LogP contribution in [0.15, 0.2) is 134 Å². The third-order valence-electron chi connectivity index (χ3n) is 14.0. The van der Waals surface area contributed by atoms with E-state index in [2.05, 4.69) is 46.1 Å². The summed E-state index contributed by atoms with van der Waals surface area (Å²) in [4.78, 5) is 24.8. The fourth-order valence-corrected chi connectivity index (χ4v) is 8.62. The number of pyridine rings is 2. The molecule has 0 aliphatic rings. The summed E-state index contributed by atoms with van der Waals surface area (Å²) in [6.07, 6.45) is 8.89. The number of hydrogen-bond donors (Lipinski definition) is 3. The number of aromatic nitrogens is 6. The number of likely N-dealkylation sites (N-methyl/N-ethyl adjacent to an activating group) is 2. The van der Waals surface area contributed by atoms with Gasteiger partial charge in [-0.1, -0.05) is 71.7 Å². The van der Waals surface area contributed by atoms with Crippen molar-refractivity contribution >= 4 is 29.2 Å². The summed E-state index contributed by atoms with van der Waals surface area (Å²) >= 11 is 13.9. The van der Waals surface area contributed by atoms with Crippen molar-refractivity contribution in [2.24, 2.45) is 0 Å². The number of rotatable bonds is 23. The summed E-state index contributed by atoms with van der Waals surface area (Å²) in [5, 5.41) is 39.5. The van der Waals surface area contributed by atoms with E-state index in [1.807, 2.05) is 78.0 Å². The average Bonchev–Trinajstić information content (AvgIpc) is 4.16. The molecule has 4 aromatic carbocycles. The number of nitrogens with zero attached hydrogens (tertiary/aromatic N) is 8. The summed E-state index contributed by atoms with van der Waals surface area (Å²) in [6, 6.07) is 30.5. The zero-order chi connectivity index (χ0) is 54.3. The van der Waals surface area contributed by atoms with E-state index in [-0.39, 0.29) is 33.0 Å². The first-order valence-electron chi connectivity index (χ1n) is 24.6. The zero-order valence-corrected chi connectivity index (χ0v) is 45.3. The number of carboxylic acid groups (broad SMARTS) is 1. The SMILES string of the molecule is Cc1c(COc2cc(OCc3ccc(-n4cccn4)nc3)c(CN(C)C(C)(C)C(=O)O)cc2Cl)cccc1-c1cccc(COc2cc(OCc3ccc(-n4cccn4)nc3)c(CN(C)C(C)(C)C(O)O)cc2Cl)c1C. The second kappa shape index (κ2) is 23.7. The molecular formula is C58H62Cl2N8O8. The van der Waals surface area contributed by atoms with E-state index in [1.165, 1.54) is 0 Å². The first-order chi connectivity index (χ1) is 36.3. The summed E-state index contributed by atoms with van der Waals surface area (Å²) in [7, 11) is 3.55. The van der Waals surface area contributed by atoms with Crippen LogP contribution in [0.25, 0.3) is 22.8 Å². The van der Waals surface area contributed by atoms with Crippen LogP contribution >= 0.6 is 23.2 Å². The summed E-state index contributed by atoms with van der Waals surface area (Å²) in [5.74, 6) is 2.22. The largest absolute Gasteiger partial charge is 0.488 e. The molecule has 16 nitrogen and oxygen atoms in total. The molecule has 0 aliphatic carbocycles. The Morgan fingerprint density at radius 2 is 1.03 bits per heavy atom. The Balaban J connectivity index is 0.995. The van der Waals surface area contributed by atoms with Crippen molar-refractivity contribution in [1.82, 2.24) is 39.3 Å². The van der Waals surface area contributed by atoms with Crippen molar-refractivity contribution in [1.29, 1.82) is 0 Å². The third-order valence-corrected chi connectivity index (χ3v) is 14.6. The minimum absolute atomic E-state index is 0.184. The van der Waals surface area contributed by atoms with Crippen molar-refractivity contribution < 1.29 is 39.1 Å². The number of hydrogen-bond acceptors (Lipinski definition) is 13. The summed E-state index contributed by atoms with van der Waals surface area (Å²) in [6.45, 7) is 12.2. The Morgan fingerprint density at radius 3 is 1.41 bits per heavy atom. The van der Waals surface area contributed by atoms with Gasteiger partial charge in [-0.05, 0) is 125 Å². The Labute approximate surface area is 452 Å². The van der Waals surface area contributed by atoms with Gasteiger partial charge in [-0.3, -0.25) is 14.6 Å². The summed E-state index contributed by atoms with van der Waals surface area (Å²) in [5.41, 5.74) is 6.90. The maximum Gasteiger partial charge on any atom is 0.323 e. The molecule has 0 radical (unpaired) electrons. The second-order valence-electron chi connectivity index (χ2n) is 19.7. The van der Waals surface area contributed by atoms with E-state index in [0.717, 1.165) is 50.1 Å². The molecule has 0 spiro atoms. The van der Waals surface area contributed by atoms with E-state index >= 15 is 0 Å². The topological polar surface area (TPSA) is 183 Å². The van der Waals surface area contributed by atoms with Gasteiger partial charge in [0.25, 0.3) is 0 Å². The monoisotopic (exact) mass is 1070 g/mol. The first kappa shape index (κ1) is 54.9. The lowest BCUT2D eigenvalue weighted by Gasteiger charge is -2.37. The highest BCUT2D eigenvalue weighted by atomic mass is 35.5. The molecule has 0 aliphatic heterocycles. The number of halogens is 2. The molecule has 0 saturated carbocycles. The van der Waals surface area contributed by atoms with Gasteiger partial charge in [-0.2, -0.15) is 10.2 Å². The van der Waals surface area contributed by atoms with E-state index in [1.54, 1.807) is 105 Å². The molecular weight excluding hydrogens is 1010 g/mol. The number of aliphatic hydroxyl groups excluding tert-OH is 1. The molecule has 0 unspecified atom stereocenters. The van der Waals surface area contributed by atoms with Crippen LogP contribution in [0.2, 0.25) is 10.0 Å². The molecule has 18 heteroatoms. The van der Waals surface area contributed by atoms with Crippen LogP contribution < -0.4 is 18.9 Å². The molecule has 0 saturated heterocycles. The van der Waals surface area contributed by atoms with Gasteiger partial charge in [-0.15, -0.1) is 0 Å². The number of ether oxygens (including phenoxy) is 4. The van der Waals surface area contributed by atoms with Crippen LogP contribution in [-0.2, 0) is 44.3 Å². The van der Waals surface area contributed by atoms with E-state index in [4.69, 9.17) is 42.1 Å². The highest BCUT2D eigenvalue weighted by Gasteiger charge is 2.33.